The summed E-state index contributed by atoms with van der Waals surface area (Å²) in [5, 5.41) is 5.34. The van der Waals surface area contributed by atoms with Gasteiger partial charge in [0.2, 0.25) is 5.88 Å². The molecule has 2 saturated carbocycles. The van der Waals surface area contributed by atoms with Crippen molar-refractivity contribution in [3.05, 3.63) is 23.9 Å². The minimum absolute atomic E-state index is 0. The van der Waals surface area contributed by atoms with Gasteiger partial charge in [-0.05, 0) is 35.8 Å². The van der Waals surface area contributed by atoms with Crippen LogP contribution in [0, 0.1) is 11.3 Å². The minimum atomic E-state index is -2.94. The summed E-state index contributed by atoms with van der Waals surface area (Å²) in [5.74, 6) is -0.0834. The van der Waals surface area contributed by atoms with Crippen LogP contribution in [-0.4, -0.2) is 30.3 Å². The maximum absolute atomic E-state index is 13.0. The number of nitrogens with zero attached hydrogens (tertiary/aromatic N) is 1. The number of urea groups is 1. The summed E-state index contributed by atoms with van der Waals surface area (Å²) in [6.45, 7) is -2.30. The number of halogens is 3. The summed E-state index contributed by atoms with van der Waals surface area (Å²) in [7, 11) is 0. The number of rotatable bonds is 6. The van der Waals surface area contributed by atoms with Crippen molar-refractivity contribution in [3.8, 4) is 5.88 Å². The zero-order valence-electron chi connectivity index (χ0n) is 11.7. The van der Waals surface area contributed by atoms with E-state index in [9.17, 15) is 18.0 Å². The molecule has 22 heavy (non-hydrogen) atoms. The Kier molecular flexibility index (Phi) is 3.84. The van der Waals surface area contributed by atoms with Crippen LogP contribution >= 0.6 is 0 Å². The molecule has 1 heterocycles. The van der Waals surface area contributed by atoms with E-state index in [1.807, 2.05) is 0 Å². The van der Waals surface area contributed by atoms with Gasteiger partial charge in [0.05, 0.1) is 0 Å². The van der Waals surface area contributed by atoms with E-state index in [-0.39, 0.29) is 32.6 Å². The van der Waals surface area contributed by atoms with Gasteiger partial charge in [-0.2, -0.15) is 8.78 Å². The number of carbonyl (C=O) groups excluding carboxylic acids is 1. The molecule has 0 aliphatic heterocycles. The lowest BCUT2D eigenvalue weighted by Gasteiger charge is -2.29. The summed E-state index contributed by atoms with van der Waals surface area (Å²) < 4.78 is 41.4. The third-order valence-corrected chi connectivity index (χ3v) is 4.35. The van der Waals surface area contributed by atoms with E-state index in [1.54, 1.807) is 6.07 Å². The number of pyridine rings is 1. The maximum atomic E-state index is 13.0. The molecule has 2 amide bonds. The van der Waals surface area contributed by atoms with Gasteiger partial charge in [0.25, 0.3) is 0 Å². The van der Waals surface area contributed by atoms with Gasteiger partial charge in [-0.25, -0.2) is 14.2 Å². The fourth-order valence-corrected chi connectivity index (χ4v) is 2.99. The average molecular weight is 319 g/mol. The second-order valence-corrected chi connectivity index (χ2v) is 5.81. The molecule has 0 aromatic carbocycles. The molecule has 3 atom stereocenters. The predicted octanol–water partition coefficient (Wildman–Crippen LogP) is 2.72. The number of alkyl halides is 3. The maximum Gasteiger partial charge on any atom is 0.388 e. The van der Waals surface area contributed by atoms with Gasteiger partial charge >= 0.3 is 12.6 Å². The molecule has 1 aromatic rings. The van der Waals surface area contributed by atoms with E-state index in [1.165, 1.54) is 12.3 Å². The number of ether oxygens (including phenoxy) is 1. The zero-order valence-corrected chi connectivity index (χ0v) is 11.7. The fraction of sp³-hybridized carbons (Fsp3) is 0.571. The van der Waals surface area contributed by atoms with Crippen LogP contribution in [0.3, 0.4) is 0 Å². The predicted molar refractivity (Wildman–Crippen MR) is 75.4 cm³/mol. The van der Waals surface area contributed by atoms with Crippen LogP contribution in [-0.2, 0) is 6.54 Å². The SMILES string of the molecule is O=C(NCc1ccnc(OC(F)F)c1)NCC12CC(F)C1C2.[HH].[HH]. The molecule has 2 fully saturated rings. The lowest BCUT2D eigenvalue weighted by molar-refractivity contribution is -0.0529. The molecule has 2 N–H and O–H groups in total. The second-order valence-electron chi connectivity index (χ2n) is 5.81. The first kappa shape index (κ1) is 14.9. The van der Waals surface area contributed by atoms with Crippen LogP contribution < -0.4 is 15.4 Å². The highest BCUT2D eigenvalue weighted by atomic mass is 19.3. The van der Waals surface area contributed by atoms with E-state index in [2.05, 4.69) is 20.4 Å². The lowest BCUT2D eigenvalue weighted by atomic mass is 9.83. The first-order valence-corrected chi connectivity index (χ1v) is 7.04. The van der Waals surface area contributed by atoms with E-state index in [0.29, 0.717) is 18.5 Å². The molecule has 0 saturated heterocycles. The highest BCUT2D eigenvalue weighted by Gasteiger charge is 2.67. The third-order valence-electron chi connectivity index (χ3n) is 4.35. The van der Waals surface area contributed by atoms with Crippen molar-refractivity contribution in [2.24, 2.45) is 11.3 Å². The van der Waals surface area contributed by atoms with E-state index in [4.69, 9.17) is 0 Å². The van der Waals surface area contributed by atoms with Crippen molar-refractivity contribution in [1.82, 2.24) is 15.6 Å². The largest absolute Gasteiger partial charge is 0.417 e. The van der Waals surface area contributed by atoms with Crippen LogP contribution in [0.25, 0.3) is 0 Å². The summed E-state index contributed by atoms with van der Waals surface area (Å²) in [6.07, 6.45) is 1.98. The Bertz CT molecular complexity index is 582. The monoisotopic (exact) mass is 319 g/mol. The number of hydrogen-bond acceptors (Lipinski definition) is 3. The van der Waals surface area contributed by atoms with Gasteiger partial charge in [-0.3, -0.25) is 0 Å². The van der Waals surface area contributed by atoms with Gasteiger partial charge in [0.15, 0.2) is 0 Å². The molecule has 2 aliphatic rings. The molecule has 0 radical (unpaired) electrons. The summed E-state index contributed by atoms with van der Waals surface area (Å²) in [4.78, 5) is 15.3. The highest BCUT2D eigenvalue weighted by Crippen LogP contribution is 2.68. The first-order chi connectivity index (χ1) is 10.5. The number of hydrogen-bond donors (Lipinski definition) is 2. The molecule has 124 valence electrons. The minimum Gasteiger partial charge on any atom is -0.417 e. The van der Waals surface area contributed by atoms with Crippen LogP contribution in [0.15, 0.2) is 18.3 Å². The number of amides is 2. The van der Waals surface area contributed by atoms with Crippen molar-refractivity contribution in [3.63, 3.8) is 0 Å². The molecular weight excluding hydrogens is 299 g/mol. The average Bonchev–Trinajstić information content (AvgIpc) is 3.08. The number of fused-ring (bicyclic) bond motifs is 1. The molecular formula is C14H20F3N3O2. The van der Waals surface area contributed by atoms with Crippen LogP contribution in [0.2, 0.25) is 0 Å². The van der Waals surface area contributed by atoms with Crippen LogP contribution in [0.4, 0.5) is 18.0 Å². The van der Waals surface area contributed by atoms with Gasteiger partial charge in [0.1, 0.15) is 6.17 Å². The molecule has 8 heteroatoms. The molecule has 2 aliphatic carbocycles. The van der Waals surface area contributed by atoms with Crippen LogP contribution in [0.1, 0.15) is 21.3 Å². The number of nitrogens with one attached hydrogen (secondary N) is 2. The quantitative estimate of drug-likeness (QED) is 0.847. The Balaban J connectivity index is 0.00000144. The number of carbonyl (C=O) groups is 1. The number of aromatic nitrogens is 1. The fourth-order valence-electron chi connectivity index (χ4n) is 2.99. The van der Waals surface area contributed by atoms with E-state index < -0.39 is 12.8 Å². The molecule has 1 aromatic heterocycles. The van der Waals surface area contributed by atoms with Gasteiger partial charge in [-0.15, -0.1) is 0 Å². The van der Waals surface area contributed by atoms with Gasteiger partial charge < -0.3 is 15.4 Å². The highest BCUT2D eigenvalue weighted by molar-refractivity contribution is 5.74. The van der Waals surface area contributed by atoms with Crippen molar-refractivity contribution >= 4 is 6.03 Å². The Hall–Kier alpha value is -1.99. The lowest BCUT2D eigenvalue weighted by Crippen LogP contribution is -2.42. The Morgan fingerprint density at radius 1 is 1.50 bits per heavy atom. The van der Waals surface area contributed by atoms with Gasteiger partial charge in [-0.1, -0.05) is 0 Å². The molecule has 3 rings (SSSR count). The summed E-state index contributed by atoms with van der Waals surface area (Å²) >= 11 is 0. The molecule has 3 unspecified atom stereocenters. The van der Waals surface area contributed by atoms with Crippen molar-refractivity contribution in [2.45, 2.75) is 32.2 Å². The molecule has 0 spiro atoms. The van der Waals surface area contributed by atoms with E-state index in [0.717, 1.165) is 6.42 Å². The van der Waals surface area contributed by atoms with Crippen molar-refractivity contribution in [1.29, 1.82) is 0 Å². The summed E-state index contributed by atoms with van der Waals surface area (Å²) in [5.41, 5.74) is 0.571. The third kappa shape index (κ3) is 3.10. The second kappa shape index (κ2) is 5.66. The van der Waals surface area contributed by atoms with Crippen molar-refractivity contribution < 1.29 is 25.6 Å². The van der Waals surface area contributed by atoms with Crippen LogP contribution in [0.5, 0.6) is 5.88 Å². The Morgan fingerprint density at radius 2 is 2.32 bits per heavy atom. The topological polar surface area (TPSA) is 63.2 Å². The Morgan fingerprint density at radius 3 is 2.95 bits per heavy atom. The zero-order chi connectivity index (χ0) is 15.7. The smallest absolute Gasteiger partial charge is 0.388 e. The first-order valence-electron chi connectivity index (χ1n) is 7.04. The van der Waals surface area contributed by atoms with Gasteiger partial charge in [0, 0.05) is 28.2 Å². The molecule has 5 nitrogen and oxygen atoms in total. The molecule has 0 bridgehead atoms. The Labute approximate surface area is 128 Å². The van der Waals surface area contributed by atoms with E-state index >= 15 is 0 Å². The normalized spacial score (nSPS) is 28.5. The van der Waals surface area contributed by atoms with Crippen molar-refractivity contribution in [2.75, 3.05) is 6.54 Å². The standard InChI is InChI=1S/C14H16F3N3O2.2H2/c15-10-5-14(4-9(10)14)7-20-13(21)19-6-8-1-2-18-11(3-8)22-12(16)17;;/h1-3,9-10,12H,4-7H2,(H2,19,20,21);2*1H. The summed E-state index contributed by atoms with van der Waals surface area (Å²) in [6, 6.07) is 2.56.